The minimum atomic E-state index is 0.354. The maximum atomic E-state index is 3.44. The molecule has 1 N–H and O–H groups in total. The molecule has 1 fully saturated rings. The molecule has 1 saturated heterocycles. The third-order valence-electron chi connectivity index (χ3n) is 3.84. The van der Waals surface area contributed by atoms with Gasteiger partial charge in [0.1, 0.15) is 0 Å². The van der Waals surface area contributed by atoms with Gasteiger partial charge in [0.05, 0.1) is 0 Å². The third kappa shape index (κ3) is 3.46. The Labute approximate surface area is 122 Å². The molecule has 1 aliphatic rings. The van der Waals surface area contributed by atoms with Crippen LogP contribution in [0.4, 0.5) is 5.69 Å². The fraction of sp³-hybridized carbons (Fsp3) is 0.625. The van der Waals surface area contributed by atoms with E-state index < -0.39 is 0 Å². The summed E-state index contributed by atoms with van der Waals surface area (Å²) in [6, 6.07) is 9.32. The Balaban J connectivity index is 2.29. The molecule has 0 amide bonds. The normalized spacial score (nSPS) is 20.3. The number of rotatable bonds is 4. The average molecular weight is 278 g/mol. The molecular weight excluding hydrogens is 252 g/mol. The van der Waals surface area contributed by atoms with E-state index in [0.717, 1.165) is 19.5 Å². The first-order chi connectivity index (χ1) is 9.07. The highest BCUT2D eigenvalue weighted by Gasteiger charge is 2.28. The van der Waals surface area contributed by atoms with Crippen molar-refractivity contribution in [3.05, 3.63) is 29.8 Å². The summed E-state index contributed by atoms with van der Waals surface area (Å²) in [7, 11) is 2.06. The summed E-state index contributed by atoms with van der Waals surface area (Å²) in [5, 5.41) is 3.44. The molecule has 1 heterocycles. The van der Waals surface area contributed by atoms with E-state index in [9.17, 15) is 0 Å². The Kier molecular flexibility index (Phi) is 4.80. The maximum Gasteiger partial charge on any atom is 0.0415 e. The van der Waals surface area contributed by atoms with E-state index in [1.54, 1.807) is 0 Å². The molecule has 19 heavy (non-hydrogen) atoms. The number of nitrogens with one attached hydrogen (secondary N) is 1. The van der Waals surface area contributed by atoms with E-state index >= 15 is 0 Å². The maximum absolute atomic E-state index is 3.44. The van der Waals surface area contributed by atoms with Crippen LogP contribution in [-0.4, -0.2) is 30.6 Å². The highest BCUT2D eigenvalue weighted by molar-refractivity contribution is 8.00. The predicted octanol–water partition coefficient (Wildman–Crippen LogP) is 3.69. The molecule has 1 aromatic rings. The van der Waals surface area contributed by atoms with Crippen molar-refractivity contribution in [3.8, 4) is 0 Å². The number of thioether (sulfide) groups is 1. The van der Waals surface area contributed by atoms with Gasteiger partial charge >= 0.3 is 0 Å². The lowest BCUT2D eigenvalue weighted by molar-refractivity contribution is 0.570. The van der Waals surface area contributed by atoms with Gasteiger partial charge in [-0.25, -0.2) is 0 Å². The Hall–Kier alpha value is -0.670. The summed E-state index contributed by atoms with van der Waals surface area (Å²) in [6.45, 7) is 9.23. The summed E-state index contributed by atoms with van der Waals surface area (Å²) in [6.07, 6.45) is 1.12. The molecular formula is C16H26N2S. The van der Waals surface area contributed by atoms with Crippen LogP contribution in [0.25, 0.3) is 0 Å². The number of benzene rings is 1. The monoisotopic (exact) mass is 278 g/mol. The second-order valence-electron chi connectivity index (χ2n) is 5.84. The molecule has 2 rings (SSSR count). The largest absolute Gasteiger partial charge is 0.369 e. The zero-order valence-corrected chi connectivity index (χ0v) is 13.4. The lowest BCUT2D eigenvalue weighted by Gasteiger charge is -2.40. The van der Waals surface area contributed by atoms with Gasteiger partial charge < -0.3 is 10.2 Å². The first-order valence-electron chi connectivity index (χ1n) is 7.22. The van der Waals surface area contributed by atoms with Gasteiger partial charge in [-0.3, -0.25) is 0 Å². The number of anilines is 1. The minimum Gasteiger partial charge on any atom is -0.369 e. The molecule has 2 nitrogen and oxygen atoms in total. The van der Waals surface area contributed by atoms with E-state index in [1.807, 2.05) is 0 Å². The van der Waals surface area contributed by atoms with Gasteiger partial charge in [0.2, 0.25) is 0 Å². The Morgan fingerprint density at radius 3 is 2.74 bits per heavy atom. The third-order valence-corrected chi connectivity index (χ3v) is 5.13. The summed E-state index contributed by atoms with van der Waals surface area (Å²) in [5.41, 5.74) is 2.85. The first kappa shape index (κ1) is 14.7. The zero-order valence-electron chi connectivity index (χ0n) is 12.6. The summed E-state index contributed by atoms with van der Waals surface area (Å²) >= 11 is 2.09. The fourth-order valence-electron chi connectivity index (χ4n) is 2.87. The molecule has 0 spiro atoms. The van der Waals surface area contributed by atoms with E-state index in [1.165, 1.54) is 17.0 Å². The standard InChI is InChI=1S/C16H26N2S/c1-5-14(17-4)13-8-6-7-9-15(13)18-10-11-19-16(2,3)12-18/h6-9,14,17H,5,10-12H2,1-4H3. The van der Waals surface area contributed by atoms with Crippen molar-refractivity contribution in [2.24, 2.45) is 0 Å². The van der Waals surface area contributed by atoms with Crippen LogP contribution in [0.5, 0.6) is 0 Å². The van der Waals surface area contributed by atoms with Crippen LogP contribution in [0.15, 0.2) is 24.3 Å². The Bertz CT molecular complexity index is 413. The van der Waals surface area contributed by atoms with Crippen LogP contribution in [0.2, 0.25) is 0 Å². The highest BCUT2D eigenvalue weighted by Crippen LogP contribution is 2.35. The van der Waals surface area contributed by atoms with Gasteiger partial charge in [0.25, 0.3) is 0 Å². The molecule has 0 aliphatic carbocycles. The average Bonchev–Trinajstić information content (AvgIpc) is 2.39. The van der Waals surface area contributed by atoms with Crippen molar-refractivity contribution in [1.29, 1.82) is 0 Å². The van der Waals surface area contributed by atoms with Crippen LogP contribution in [0, 0.1) is 0 Å². The van der Waals surface area contributed by atoms with Crippen LogP contribution in [-0.2, 0) is 0 Å². The topological polar surface area (TPSA) is 15.3 Å². The van der Waals surface area contributed by atoms with Crippen molar-refractivity contribution >= 4 is 17.4 Å². The van der Waals surface area contributed by atoms with Crippen molar-refractivity contribution in [3.63, 3.8) is 0 Å². The van der Waals surface area contributed by atoms with E-state index in [4.69, 9.17) is 0 Å². The summed E-state index contributed by atoms with van der Waals surface area (Å²) in [4.78, 5) is 2.56. The van der Waals surface area contributed by atoms with Crippen LogP contribution in [0.3, 0.4) is 0 Å². The number of nitrogens with zero attached hydrogens (tertiary/aromatic N) is 1. The first-order valence-corrected chi connectivity index (χ1v) is 8.21. The van der Waals surface area contributed by atoms with Crippen molar-refractivity contribution < 1.29 is 0 Å². The lowest BCUT2D eigenvalue weighted by Crippen LogP contribution is -2.43. The van der Waals surface area contributed by atoms with Crippen LogP contribution < -0.4 is 10.2 Å². The van der Waals surface area contributed by atoms with Gasteiger partial charge in [-0.2, -0.15) is 11.8 Å². The Morgan fingerprint density at radius 1 is 1.37 bits per heavy atom. The quantitative estimate of drug-likeness (QED) is 0.904. The van der Waals surface area contributed by atoms with Crippen molar-refractivity contribution in [2.45, 2.75) is 38.0 Å². The van der Waals surface area contributed by atoms with Crippen molar-refractivity contribution in [1.82, 2.24) is 5.32 Å². The Morgan fingerprint density at radius 2 is 2.11 bits per heavy atom. The molecule has 3 heteroatoms. The fourth-order valence-corrected chi connectivity index (χ4v) is 3.98. The van der Waals surface area contributed by atoms with Gasteiger partial charge in [0, 0.05) is 35.3 Å². The molecule has 1 atom stereocenters. The molecule has 0 aromatic heterocycles. The lowest BCUT2D eigenvalue weighted by atomic mass is 10.0. The van der Waals surface area contributed by atoms with Crippen LogP contribution >= 0.6 is 11.8 Å². The number of hydrogen-bond acceptors (Lipinski definition) is 3. The van der Waals surface area contributed by atoms with Crippen molar-refractivity contribution in [2.75, 3.05) is 30.8 Å². The SMILES string of the molecule is CCC(NC)c1ccccc1N1CCSC(C)(C)C1. The minimum absolute atomic E-state index is 0.354. The summed E-state index contributed by atoms with van der Waals surface area (Å²) in [5.74, 6) is 1.22. The molecule has 1 aromatic carbocycles. The number of para-hydroxylation sites is 1. The van der Waals surface area contributed by atoms with Gasteiger partial charge in [0.15, 0.2) is 0 Å². The molecule has 0 saturated carbocycles. The second-order valence-corrected chi connectivity index (χ2v) is 7.64. The zero-order chi connectivity index (χ0) is 13.9. The molecule has 106 valence electrons. The van der Waals surface area contributed by atoms with Gasteiger partial charge in [-0.1, -0.05) is 25.1 Å². The van der Waals surface area contributed by atoms with Gasteiger partial charge in [-0.15, -0.1) is 0 Å². The van der Waals surface area contributed by atoms with E-state index in [2.05, 4.69) is 74.1 Å². The van der Waals surface area contributed by atoms with E-state index in [0.29, 0.717) is 10.8 Å². The molecule has 1 unspecified atom stereocenters. The molecule has 1 aliphatic heterocycles. The summed E-state index contributed by atoms with van der Waals surface area (Å²) < 4.78 is 0.354. The van der Waals surface area contributed by atoms with E-state index in [-0.39, 0.29) is 0 Å². The van der Waals surface area contributed by atoms with Gasteiger partial charge in [-0.05, 0) is 38.9 Å². The predicted molar refractivity (Wildman–Crippen MR) is 87.3 cm³/mol. The molecule has 0 bridgehead atoms. The molecule has 0 radical (unpaired) electrons. The van der Waals surface area contributed by atoms with Crippen LogP contribution in [0.1, 0.15) is 38.8 Å². The smallest absolute Gasteiger partial charge is 0.0415 e. The second kappa shape index (κ2) is 6.19. The highest BCUT2D eigenvalue weighted by atomic mass is 32.2. The number of hydrogen-bond donors (Lipinski definition) is 1.